The average molecular weight is 447 g/mol. The highest BCUT2D eigenvalue weighted by atomic mass is 32.1. The van der Waals surface area contributed by atoms with Crippen LogP contribution < -0.4 is 10.4 Å². The predicted octanol–water partition coefficient (Wildman–Crippen LogP) is 5.66. The van der Waals surface area contributed by atoms with Gasteiger partial charge in [-0.15, -0.1) is 11.3 Å². The van der Waals surface area contributed by atoms with Crippen molar-refractivity contribution in [2.24, 2.45) is 12.0 Å². The second-order valence-electron chi connectivity index (χ2n) is 8.23. The lowest BCUT2D eigenvalue weighted by Crippen LogP contribution is -2.20. The van der Waals surface area contributed by atoms with E-state index in [1.54, 1.807) is 16.0 Å². The van der Waals surface area contributed by atoms with Crippen LogP contribution in [0.1, 0.15) is 36.6 Å². The highest BCUT2D eigenvalue weighted by Gasteiger charge is 2.17. The maximum absolute atomic E-state index is 13.3. The molecule has 5 nitrogen and oxygen atoms in total. The number of hydrogen-bond acceptors (Lipinski definition) is 3. The third kappa shape index (κ3) is 4.02. The quantitative estimate of drug-likeness (QED) is 0.377. The minimum Gasteiger partial charge on any atom is -0.316 e. The maximum atomic E-state index is 13.3. The number of benzene rings is 2. The number of aromatic nitrogens is 3. The lowest BCUT2D eigenvalue weighted by atomic mass is 10.0. The fraction of sp³-hybridized carbons (Fsp3) is 0.308. The first-order valence-corrected chi connectivity index (χ1v) is 11.9. The fourth-order valence-corrected chi connectivity index (χ4v) is 4.80. The van der Waals surface area contributed by atoms with Crippen LogP contribution in [0, 0.1) is 20.8 Å². The van der Waals surface area contributed by atoms with Gasteiger partial charge < -0.3 is 4.57 Å². The summed E-state index contributed by atoms with van der Waals surface area (Å²) in [7, 11) is 1.91. The van der Waals surface area contributed by atoms with Crippen molar-refractivity contribution < 1.29 is 0 Å². The molecule has 0 amide bonds. The summed E-state index contributed by atoms with van der Waals surface area (Å²) in [6.45, 7) is 9.30. The highest BCUT2D eigenvalue weighted by molar-refractivity contribution is 7.07. The Hall–Kier alpha value is -3.12. The van der Waals surface area contributed by atoms with Crippen molar-refractivity contribution in [2.75, 3.05) is 0 Å². The van der Waals surface area contributed by atoms with E-state index in [2.05, 4.69) is 48.9 Å². The van der Waals surface area contributed by atoms with Crippen molar-refractivity contribution in [1.29, 1.82) is 0 Å². The summed E-state index contributed by atoms with van der Waals surface area (Å²) < 4.78 is 5.82. The zero-order chi connectivity index (χ0) is 22.8. The standard InChI is InChI=1S/C26H30N4OS/c1-6-7-15-29-23(21-14-13-18(2)19(3)16-21)17-32-26(29)27-24-20(4)28(5)30(25(24)31)22-11-9-8-10-12-22/h8-14,16-17H,6-7,15H2,1-5H3. The molecule has 166 valence electrons. The van der Waals surface area contributed by atoms with Gasteiger partial charge in [0.1, 0.15) is 0 Å². The second-order valence-corrected chi connectivity index (χ2v) is 9.07. The largest absolute Gasteiger partial charge is 0.316 e. The molecule has 0 atom stereocenters. The van der Waals surface area contributed by atoms with Gasteiger partial charge in [-0.25, -0.2) is 9.67 Å². The fourth-order valence-electron chi connectivity index (χ4n) is 3.86. The van der Waals surface area contributed by atoms with Crippen LogP contribution in [0.15, 0.2) is 63.7 Å². The van der Waals surface area contributed by atoms with Crippen LogP contribution in [0.5, 0.6) is 0 Å². The summed E-state index contributed by atoms with van der Waals surface area (Å²) in [6.07, 6.45) is 2.16. The molecule has 0 bridgehead atoms. The van der Waals surface area contributed by atoms with Crippen molar-refractivity contribution in [1.82, 2.24) is 13.9 Å². The molecule has 0 aliphatic rings. The number of aryl methyl sites for hydroxylation is 2. The van der Waals surface area contributed by atoms with Gasteiger partial charge in [-0.05, 0) is 62.1 Å². The molecule has 0 spiro atoms. The Morgan fingerprint density at radius 1 is 1.00 bits per heavy atom. The Bertz CT molecular complexity index is 1370. The van der Waals surface area contributed by atoms with Gasteiger partial charge in [0.15, 0.2) is 10.5 Å². The Labute approximate surface area is 192 Å². The van der Waals surface area contributed by atoms with Crippen LogP contribution in [0.3, 0.4) is 0 Å². The molecule has 2 aromatic carbocycles. The number of nitrogens with zero attached hydrogens (tertiary/aromatic N) is 4. The summed E-state index contributed by atoms with van der Waals surface area (Å²) in [5, 5.41) is 2.16. The highest BCUT2D eigenvalue weighted by Crippen LogP contribution is 2.24. The van der Waals surface area contributed by atoms with Crippen molar-refractivity contribution in [2.45, 2.75) is 47.1 Å². The van der Waals surface area contributed by atoms with Crippen LogP contribution in [0.4, 0.5) is 5.69 Å². The van der Waals surface area contributed by atoms with E-state index in [0.717, 1.165) is 41.3 Å². The summed E-state index contributed by atoms with van der Waals surface area (Å²) in [6, 6.07) is 16.3. The predicted molar refractivity (Wildman–Crippen MR) is 133 cm³/mol. The maximum Gasteiger partial charge on any atom is 0.297 e. The SMILES string of the molecule is CCCCn1c(-c2ccc(C)c(C)c2)csc1=Nc1c(C)n(C)n(-c2ccccc2)c1=O. The molecule has 0 N–H and O–H groups in total. The molecule has 0 aliphatic carbocycles. The summed E-state index contributed by atoms with van der Waals surface area (Å²) >= 11 is 1.59. The van der Waals surface area contributed by atoms with Gasteiger partial charge in [-0.1, -0.05) is 43.7 Å². The molecule has 2 heterocycles. The van der Waals surface area contributed by atoms with Crippen LogP contribution in [-0.2, 0) is 13.6 Å². The molecule has 0 saturated heterocycles. The van der Waals surface area contributed by atoms with Crippen molar-refractivity contribution in [3.63, 3.8) is 0 Å². The zero-order valence-electron chi connectivity index (χ0n) is 19.4. The minimum atomic E-state index is -0.0978. The Morgan fingerprint density at radius 2 is 1.75 bits per heavy atom. The number of para-hydroxylation sites is 1. The van der Waals surface area contributed by atoms with Gasteiger partial charge >= 0.3 is 0 Å². The molecule has 32 heavy (non-hydrogen) atoms. The normalized spacial score (nSPS) is 12.0. The van der Waals surface area contributed by atoms with E-state index in [9.17, 15) is 4.79 Å². The van der Waals surface area contributed by atoms with E-state index in [4.69, 9.17) is 4.99 Å². The van der Waals surface area contributed by atoms with Crippen LogP contribution >= 0.6 is 11.3 Å². The molecular weight excluding hydrogens is 416 g/mol. The van der Waals surface area contributed by atoms with Crippen molar-refractivity contribution in [3.8, 4) is 16.9 Å². The van der Waals surface area contributed by atoms with E-state index in [-0.39, 0.29) is 5.56 Å². The number of hydrogen-bond donors (Lipinski definition) is 0. The monoisotopic (exact) mass is 446 g/mol. The van der Waals surface area contributed by atoms with Gasteiger partial charge in [-0.2, -0.15) is 0 Å². The molecular formula is C26H30N4OS. The third-order valence-corrected chi connectivity index (χ3v) is 6.93. The molecule has 2 aromatic heterocycles. The second kappa shape index (κ2) is 9.17. The van der Waals surface area contributed by atoms with E-state index >= 15 is 0 Å². The molecule has 4 rings (SSSR count). The summed E-state index contributed by atoms with van der Waals surface area (Å²) in [4.78, 5) is 19.1. The van der Waals surface area contributed by atoms with Gasteiger partial charge in [-0.3, -0.25) is 9.48 Å². The van der Waals surface area contributed by atoms with E-state index in [0.29, 0.717) is 5.69 Å². The third-order valence-electron chi connectivity index (χ3n) is 6.07. The molecule has 0 unspecified atom stereocenters. The number of thiazole rings is 1. The first-order valence-electron chi connectivity index (χ1n) is 11.1. The van der Waals surface area contributed by atoms with Crippen molar-refractivity contribution >= 4 is 17.0 Å². The van der Waals surface area contributed by atoms with Crippen LogP contribution in [0.25, 0.3) is 16.9 Å². The topological polar surface area (TPSA) is 44.2 Å². The van der Waals surface area contributed by atoms with Gasteiger partial charge in [0, 0.05) is 19.0 Å². The molecule has 0 radical (unpaired) electrons. The minimum absolute atomic E-state index is 0.0978. The Kier molecular flexibility index (Phi) is 6.33. The molecule has 0 fully saturated rings. The molecule has 0 saturated carbocycles. The average Bonchev–Trinajstić information content (AvgIpc) is 3.28. The van der Waals surface area contributed by atoms with E-state index in [1.165, 1.54) is 16.7 Å². The molecule has 6 heteroatoms. The lowest BCUT2D eigenvalue weighted by molar-refractivity contribution is 0.623. The zero-order valence-corrected chi connectivity index (χ0v) is 20.2. The van der Waals surface area contributed by atoms with Gasteiger partial charge in [0.25, 0.3) is 5.56 Å². The van der Waals surface area contributed by atoms with Gasteiger partial charge in [0.2, 0.25) is 0 Å². The Morgan fingerprint density at radius 3 is 2.44 bits per heavy atom. The Balaban J connectivity index is 1.89. The number of rotatable bonds is 6. The lowest BCUT2D eigenvalue weighted by Gasteiger charge is -2.10. The molecule has 0 aliphatic heterocycles. The van der Waals surface area contributed by atoms with E-state index in [1.807, 2.05) is 49.0 Å². The first kappa shape index (κ1) is 22.1. The van der Waals surface area contributed by atoms with Gasteiger partial charge in [0.05, 0.1) is 17.1 Å². The van der Waals surface area contributed by atoms with Crippen LogP contribution in [0.2, 0.25) is 0 Å². The smallest absolute Gasteiger partial charge is 0.297 e. The first-order chi connectivity index (χ1) is 15.4. The van der Waals surface area contributed by atoms with Crippen LogP contribution in [-0.4, -0.2) is 13.9 Å². The van der Waals surface area contributed by atoms with E-state index < -0.39 is 0 Å². The summed E-state index contributed by atoms with van der Waals surface area (Å²) in [5.74, 6) is 0. The number of unbranched alkanes of at least 4 members (excludes halogenated alkanes) is 1. The van der Waals surface area contributed by atoms with Crippen molar-refractivity contribution in [3.05, 3.63) is 85.9 Å². The summed E-state index contributed by atoms with van der Waals surface area (Å²) in [5.41, 5.74) is 6.99. The molecule has 4 aromatic rings.